The molecule has 1 fully saturated rings. The summed E-state index contributed by atoms with van der Waals surface area (Å²) < 4.78 is 22.2. The van der Waals surface area contributed by atoms with Crippen LogP contribution in [0.5, 0.6) is 5.88 Å². The third kappa shape index (κ3) is 5.45. The van der Waals surface area contributed by atoms with Crippen molar-refractivity contribution in [1.29, 1.82) is 0 Å². The first-order valence-corrected chi connectivity index (χ1v) is 12.4. The van der Waals surface area contributed by atoms with Crippen LogP contribution in [0, 0.1) is 11.7 Å². The maximum atomic E-state index is 13.3. The number of piperidine rings is 1. The summed E-state index contributed by atoms with van der Waals surface area (Å²) in [5.74, 6) is -0.440. The van der Waals surface area contributed by atoms with E-state index in [1.165, 1.54) is 17.2 Å². The largest absolute Gasteiger partial charge is 0.481 e. The maximum absolute atomic E-state index is 13.3. The Balaban J connectivity index is 1.35. The third-order valence-electron chi connectivity index (χ3n) is 6.56. The Hall–Kier alpha value is -4.42. The molecular formula is C25H28FN9O3. The van der Waals surface area contributed by atoms with E-state index < -0.39 is 11.8 Å². The van der Waals surface area contributed by atoms with Gasteiger partial charge in [0.15, 0.2) is 11.6 Å². The van der Waals surface area contributed by atoms with Gasteiger partial charge in [0.2, 0.25) is 5.88 Å². The summed E-state index contributed by atoms with van der Waals surface area (Å²) in [4.78, 5) is 26.6. The zero-order chi connectivity index (χ0) is 26.6. The van der Waals surface area contributed by atoms with Gasteiger partial charge in [0.25, 0.3) is 0 Å². The molecule has 4 aromatic rings. The van der Waals surface area contributed by atoms with E-state index in [4.69, 9.17) is 9.72 Å². The highest BCUT2D eigenvalue weighted by molar-refractivity contribution is 5.67. The van der Waals surface area contributed by atoms with E-state index >= 15 is 0 Å². The highest BCUT2D eigenvalue weighted by Gasteiger charge is 2.25. The van der Waals surface area contributed by atoms with Gasteiger partial charge in [-0.1, -0.05) is 12.1 Å². The van der Waals surface area contributed by atoms with Gasteiger partial charge in [0.1, 0.15) is 24.3 Å². The topological polar surface area (TPSA) is 137 Å². The molecule has 1 saturated heterocycles. The van der Waals surface area contributed by atoms with Crippen LogP contribution in [0.1, 0.15) is 37.6 Å². The van der Waals surface area contributed by atoms with Crippen LogP contribution in [0.4, 0.5) is 10.1 Å². The van der Waals surface area contributed by atoms with E-state index in [2.05, 4.69) is 30.3 Å². The first-order chi connectivity index (χ1) is 18.4. The van der Waals surface area contributed by atoms with Gasteiger partial charge in [-0.05, 0) is 37.3 Å². The lowest BCUT2D eigenvalue weighted by Crippen LogP contribution is -2.37. The van der Waals surface area contributed by atoms with E-state index in [1.807, 2.05) is 19.1 Å². The summed E-state index contributed by atoms with van der Waals surface area (Å²) in [7, 11) is 1.78. The molecule has 5 rings (SSSR count). The molecule has 1 aliphatic rings. The third-order valence-corrected chi connectivity index (χ3v) is 6.56. The molecule has 0 unspecified atom stereocenters. The van der Waals surface area contributed by atoms with Gasteiger partial charge in [-0.15, -0.1) is 5.10 Å². The lowest BCUT2D eigenvalue weighted by molar-refractivity contribution is -0.138. The molecule has 0 bridgehead atoms. The minimum Gasteiger partial charge on any atom is -0.481 e. The number of aromatic nitrogens is 8. The summed E-state index contributed by atoms with van der Waals surface area (Å²) in [5.41, 5.74) is 3.92. The number of aliphatic carboxylic acids is 1. The number of carboxylic acid groups (broad SMARTS) is 1. The summed E-state index contributed by atoms with van der Waals surface area (Å²) in [6.07, 6.45) is 6.40. The van der Waals surface area contributed by atoms with Gasteiger partial charge >= 0.3 is 5.97 Å². The monoisotopic (exact) mass is 521 g/mol. The van der Waals surface area contributed by atoms with Crippen molar-refractivity contribution in [3.05, 3.63) is 54.1 Å². The van der Waals surface area contributed by atoms with Crippen LogP contribution < -0.4 is 9.64 Å². The zero-order valence-electron chi connectivity index (χ0n) is 21.2. The average Bonchev–Trinajstić information content (AvgIpc) is 3.52. The summed E-state index contributed by atoms with van der Waals surface area (Å²) in [6, 6.07) is 5.51. The number of ether oxygens (including phenoxy) is 1. The van der Waals surface area contributed by atoms with Crippen LogP contribution in [0.2, 0.25) is 0 Å². The van der Waals surface area contributed by atoms with Crippen molar-refractivity contribution >= 4 is 11.7 Å². The normalized spacial score (nSPS) is 15.6. The van der Waals surface area contributed by atoms with Gasteiger partial charge in [0.05, 0.1) is 29.5 Å². The van der Waals surface area contributed by atoms with Gasteiger partial charge in [-0.25, -0.2) is 28.7 Å². The number of halogens is 1. The fraction of sp³-hybridized carbons (Fsp3) is 0.400. The summed E-state index contributed by atoms with van der Waals surface area (Å²) in [6.45, 7) is 3.75. The standard InChI is InChI=1S/C25H28FN9O3/c1-3-18-20(34-8-4-5-16(12-34)9-24(36)37)7-6-19(30-18)25-21(33(2)32-31-25)14-38-23-10-22(27-15-28-23)35-13-17(26)11-29-35/h6-7,10-11,13,15-16H,3-5,8-9,12,14H2,1-2H3,(H,36,37)/t16-/m1/s1. The first-order valence-electron chi connectivity index (χ1n) is 12.4. The van der Waals surface area contributed by atoms with Crippen LogP contribution in [-0.4, -0.2) is 63.9 Å². The molecule has 4 aromatic heterocycles. The predicted octanol–water partition coefficient (Wildman–Crippen LogP) is 2.82. The Morgan fingerprint density at radius 1 is 1.29 bits per heavy atom. The molecule has 0 aromatic carbocycles. The Morgan fingerprint density at radius 3 is 2.92 bits per heavy atom. The van der Waals surface area contributed by atoms with Crippen LogP contribution in [0.15, 0.2) is 36.9 Å². The lowest BCUT2D eigenvalue weighted by Gasteiger charge is -2.34. The molecule has 0 radical (unpaired) electrons. The molecular weight excluding hydrogens is 493 g/mol. The van der Waals surface area contributed by atoms with Crippen LogP contribution >= 0.6 is 0 Å². The van der Waals surface area contributed by atoms with Crippen molar-refractivity contribution in [2.24, 2.45) is 13.0 Å². The second-order valence-electron chi connectivity index (χ2n) is 9.18. The van der Waals surface area contributed by atoms with Crippen molar-refractivity contribution in [1.82, 2.24) is 39.7 Å². The molecule has 5 heterocycles. The fourth-order valence-corrected chi connectivity index (χ4v) is 4.71. The Kier molecular flexibility index (Phi) is 7.24. The highest BCUT2D eigenvalue weighted by Crippen LogP contribution is 2.30. The van der Waals surface area contributed by atoms with Crippen LogP contribution in [-0.2, 0) is 24.9 Å². The number of rotatable bonds is 9. The summed E-state index contributed by atoms with van der Waals surface area (Å²) in [5, 5.41) is 21.6. The van der Waals surface area contributed by atoms with Crippen LogP contribution in [0.25, 0.3) is 17.2 Å². The van der Waals surface area contributed by atoms with E-state index in [-0.39, 0.29) is 24.8 Å². The number of aryl methyl sites for hydroxylation is 2. The zero-order valence-corrected chi connectivity index (χ0v) is 21.2. The number of nitrogens with zero attached hydrogens (tertiary/aromatic N) is 9. The highest BCUT2D eigenvalue weighted by atomic mass is 19.1. The van der Waals surface area contributed by atoms with E-state index in [0.29, 0.717) is 35.9 Å². The second-order valence-corrected chi connectivity index (χ2v) is 9.18. The van der Waals surface area contributed by atoms with Crippen molar-refractivity contribution in [2.45, 2.75) is 39.2 Å². The molecule has 0 saturated carbocycles. The average molecular weight is 522 g/mol. The molecule has 1 aliphatic heterocycles. The molecule has 0 aliphatic carbocycles. The first kappa shape index (κ1) is 25.2. The molecule has 0 spiro atoms. The molecule has 13 heteroatoms. The minimum absolute atomic E-state index is 0.122. The number of carbonyl (C=O) groups is 1. The van der Waals surface area contributed by atoms with Crippen molar-refractivity contribution < 1.29 is 19.0 Å². The predicted molar refractivity (Wildman–Crippen MR) is 134 cm³/mol. The fourth-order valence-electron chi connectivity index (χ4n) is 4.71. The number of pyridine rings is 1. The smallest absolute Gasteiger partial charge is 0.303 e. The Morgan fingerprint density at radius 2 is 2.16 bits per heavy atom. The quantitative estimate of drug-likeness (QED) is 0.350. The molecule has 38 heavy (non-hydrogen) atoms. The van der Waals surface area contributed by atoms with Gasteiger partial charge in [-0.3, -0.25) is 4.79 Å². The van der Waals surface area contributed by atoms with Crippen molar-refractivity contribution in [3.8, 4) is 23.1 Å². The molecule has 1 N–H and O–H groups in total. The number of hydrogen-bond donors (Lipinski definition) is 1. The maximum Gasteiger partial charge on any atom is 0.303 e. The number of hydrogen-bond acceptors (Lipinski definition) is 9. The molecule has 1 atom stereocenters. The molecule has 0 amide bonds. The number of carboxylic acids is 1. The number of anilines is 1. The summed E-state index contributed by atoms with van der Waals surface area (Å²) >= 11 is 0. The van der Waals surface area contributed by atoms with Gasteiger partial charge in [0, 0.05) is 32.6 Å². The minimum atomic E-state index is -0.757. The second kappa shape index (κ2) is 10.9. The van der Waals surface area contributed by atoms with E-state index in [1.54, 1.807) is 17.8 Å². The Bertz CT molecular complexity index is 1440. The molecule has 12 nitrogen and oxygen atoms in total. The van der Waals surface area contributed by atoms with Crippen molar-refractivity contribution in [2.75, 3.05) is 18.0 Å². The van der Waals surface area contributed by atoms with Gasteiger partial charge < -0.3 is 14.7 Å². The van der Waals surface area contributed by atoms with Crippen molar-refractivity contribution in [3.63, 3.8) is 0 Å². The van der Waals surface area contributed by atoms with Gasteiger partial charge in [-0.2, -0.15) is 5.10 Å². The van der Waals surface area contributed by atoms with E-state index in [0.717, 1.165) is 37.0 Å². The van der Waals surface area contributed by atoms with Crippen LogP contribution in [0.3, 0.4) is 0 Å². The Labute approximate surface area is 218 Å². The molecule has 198 valence electrons. The lowest BCUT2D eigenvalue weighted by atomic mass is 9.94. The van der Waals surface area contributed by atoms with E-state index in [9.17, 15) is 14.3 Å². The SMILES string of the molecule is CCc1nc(-c2nnn(C)c2COc2cc(-n3cc(F)cn3)ncn2)ccc1N1CCC[C@H](CC(=O)O)C1.